The molecule has 0 radical (unpaired) electrons. The molecule has 0 bridgehead atoms. The largest absolute Gasteiger partial charge is 0.376 e. The fraction of sp³-hybridized carbons (Fsp3) is 0.538. The smallest absolute Gasteiger partial charge is 0.126 e. The molecule has 1 aliphatic rings. The number of hydrogen-bond donors (Lipinski definition) is 1. The number of nitrogens with one attached hydrogen (secondary N) is 1. The van der Waals surface area contributed by atoms with Gasteiger partial charge in [-0.05, 0) is 49.5 Å². The van der Waals surface area contributed by atoms with Crippen molar-refractivity contribution in [2.24, 2.45) is 5.92 Å². The predicted molar refractivity (Wildman–Crippen MR) is 61.6 cm³/mol. The molecule has 94 valence electrons. The van der Waals surface area contributed by atoms with E-state index in [9.17, 15) is 8.78 Å². The molecule has 1 fully saturated rings. The fourth-order valence-electron chi connectivity index (χ4n) is 2.09. The summed E-state index contributed by atoms with van der Waals surface area (Å²) >= 11 is 0. The second kappa shape index (κ2) is 6.07. The van der Waals surface area contributed by atoms with E-state index in [0.717, 1.165) is 32.0 Å². The van der Waals surface area contributed by atoms with Crippen LogP contribution in [-0.4, -0.2) is 19.7 Å². The first kappa shape index (κ1) is 12.5. The number of rotatable bonds is 4. The van der Waals surface area contributed by atoms with Crippen molar-refractivity contribution in [1.82, 2.24) is 5.32 Å². The van der Waals surface area contributed by atoms with Crippen LogP contribution < -0.4 is 5.32 Å². The number of ether oxygens (including phenoxy) is 1. The van der Waals surface area contributed by atoms with Crippen molar-refractivity contribution < 1.29 is 13.5 Å². The predicted octanol–water partition coefficient (Wildman–Crippen LogP) is 2.48. The number of piperidine rings is 1. The fourth-order valence-corrected chi connectivity index (χ4v) is 2.09. The van der Waals surface area contributed by atoms with E-state index in [2.05, 4.69) is 5.32 Å². The molecule has 4 heteroatoms. The zero-order chi connectivity index (χ0) is 12.1. The lowest BCUT2D eigenvalue weighted by molar-refractivity contribution is 0.0760. The molecule has 0 amide bonds. The summed E-state index contributed by atoms with van der Waals surface area (Å²) in [6, 6.07) is 3.49. The standard InChI is InChI=1S/C13H17F2NO/c14-12-5-11(6-13(15)7-12)9-17-8-10-1-3-16-4-2-10/h5-7,10,16H,1-4,8-9H2. The van der Waals surface area contributed by atoms with Crippen molar-refractivity contribution >= 4 is 0 Å². The van der Waals surface area contributed by atoms with Gasteiger partial charge in [0.2, 0.25) is 0 Å². The lowest BCUT2D eigenvalue weighted by Gasteiger charge is -2.22. The lowest BCUT2D eigenvalue weighted by atomic mass is 9.99. The van der Waals surface area contributed by atoms with Gasteiger partial charge in [-0.25, -0.2) is 8.78 Å². The zero-order valence-corrected chi connectivity index (χ0v) is 9.72. The summed E-state index contributed by atoms with van der Waals surface area (Å²) in [7, 11) is 0. The molecule has 17 heavy (non-hydrogen) atoms. The van der Waals surface area contributed by atoms with Crippen LogP contribution in [0, 0.1) is 17.6 Å². The summed E-state index contributed by atoms with van der Waals surface area (Å²) in [5.41, 5.74) is 0.552. The molecule has 0 saturated carbocycles. The van der Waals surface area contributed by atoms with E-state index in [1.165, 1.54) is 12.1 Å². The van der Waals surface area contributed by atoms with Crippen molar-refractivity contribution in [2.75, 3.05) is 19.7 Å². The van der Waals surface area contributed by atoms with E-state index in [1.807, 2.05) is 0 Å². The molecule has 0 unspecified atom stereocenters. The molecular weight excluding hydrogens is 224 g/mol. The van der Waals surface area contributed by atoms with Gasteiger partial charge >= 0.3 is 0 Å². The second-order valence-electron chi connectivity index (χ2n) is 4.49. The van der Waals surface area contributed by atoms with Crippen LogP contribution in [0.3, 0.4) is 0 Å². The Labute approximate surface area is 100.0 Å². The van der Waals surface area contributed by atoms with E-state index < -0.39 is 11.6 Å². The highest BCUT2D eigenvalue weighted by Gasteiger charge is 2.12. The van der Waals surface area contributed by atoms with E-state index in [0.29, 0.717) is 18.1 Å². The Morgan fingerprint density at radius 2 is 1.76 bits per heavy atom. The maximum Gasteiger partial charge on any atom is 0.126 e. The van der Waals surface area contributed by atoms with E-state index in [1.54, 1.807) is 0 Å². The summed E-state index contributed by atoms with van der Waals surface area (Å²) in [6.45, 7) is 3.00. The molecule has 1 N–H and O–H groups in total. The average Bonchev–Trinajstić information content (AvgIpc) is 2.29. The molecule has 2 nitrogen and oxygen atoms in total. The first-order valence-electron chi connectivity index (χ1n) is 5.97. The molecule has 1 aromatic rings. The maximum absolute atomic E-state index is 12.9. The Balaban J connectivity index is 1.77. The molecule has 0 aliphatic carbocycles. The molecule has 1 aromatic carbocycles. The van der Waals surface area contributed by atoms with Gasteiger partial charge in [0.15, 0.2) is 0 Å². The highest BCUT2D eigenvalue weighted by molar-refractivity contribution is 5.16. The second-order valence-corrected chi connectivity index (χ2v) is 4.49. The molecule has 0 spiro atoms. The molecule has 1 aliphatic heterocycles. The van der Waals surface area contributed by atoms with E-state index in [4.69, 9.17) is 4.74 Å². The van der Waals surface area contributed by atoms with Crippen LogP contribution in [0.15, 0.2) is 18.2 Å². The van der Waals surface area contributed by atoms with Gasteiger partial charge < -0.3 is 10.1 Å². The highest BCUT2D eigenvalue weighted by Crippen LogP contribution is 2.14. The van der Waals surface area contributed by atoms with Crippen LogP contribution in [-0.2, 0) is 11.3 Å². The van der Waals surface area contributed by atoms with Gasteiger partial charge in [0.25, 0.3) is 0 Å². The molecule has 2 rings (SSSR count). The molecule has 1 saturated heterocycles. The Bertz CT molecular complexity index is 344. The number of benzene rings is 1. The Hall–Kier alpha value is -1.00. The van der Waals surface area contributed by atoms with Crippen LogP contribution >= 0.6 is 0 Å². The SMILES string of the molecule is Fc1cc(F)cc(COCC2CCNCC2)c1. The van der Waals surface area contributed by atoms with Gasteiger partial charge in [-0.2, -0.15) is 0 Å². The summed E-state index contributed by atoms with van der Waals surface area (Å²) in [5, 5.41) is 3.28. The molecule has 0 aromatic heterocycles. The van der Waals surface area contributed by atoms with Crippen molar-refractivity contribution in [2.45, 2.75) is 19.4 Å². The van der Waals surface area contributed by atoms with Crippen molar-refractivity contribution in [3.8, 4) is 0 Å². The van der Waals surface area contributed by atoms with Gasteiger partial charge in [0, 0.05) is 12.7 Å². The third-order valence-corrected chi connectivity index (χ3v) is 3.00. The summed E-state index contributed by atoms with van der Waals surface area (Å²) in [4.78, 5) is 0. The quantitative estimate of drug-likeness (QED) is 0.874. The molecule has 1 heterocycles. The first-order valence-corrected chi connectivity index (χ1v) is 5.97. The minimum absolute atomic E-state index is 0.276. The Morgan fingerprint density at radius 1 is 1.12 bits per heavy atom. The van der Waals surface area contributed by atoms with Gasteiger partial charge in [-0.3, -0.25) is 0 Å². The Morgan fingerprint density at radius 3 is 2.41 bits per heavy atom. The van der Waals surface area contributed by atoms with Crippen molar-refractivity contribution in [1.29, 1.82) is 0 Å². The van der Waals surface area contributed by atoms with Gasteiger partial charge in [0.05, 0.1) is 6.61 Å². The minimum Gasteiger partial charge on any atom is -0.376 e. The van der Waals surface area contributed by atoms with E-state index >= 15 is 0 Å². The highest BCUT2D eigenvalue weighted by atomic mass is 19.1. The minimum atomic E-state index is -0.550. The van der Waals surface area contributed by atoms with Gasteiger partial charge in [-0.1, -0.05) is 0 Å². The summed E-state index contributed by atoms with van der Waals surface area (Å²) < 4.78 is 31.3. The lowest BCUT2D eigenvalue weighted by Crippen LogP contribution is -2.29. The van der Waals surface area contributed by atoms with Gasteiger partial charge in [-0.15, -0.1) is 0 Å². The Kier molecular flexibility index (Phi) is 4.45. The van der Waals surface area contributed by atoms with Crippen LogP contribution in [0.25, 0.3) is 0 Å². The normalized spacial score (nSPS) is 17.3. The number of hydrogen-bond acceptors (Lipinski definition) is 2. The van der Waals surface area contributed by atoms with Crippen molar-refractivity contribution in [3.05, 3.63) is 35.4 Å². The topological polar surface area (TPSA) is 21.3 Å². The van der Waals surface area contributed by atoms with Gasteiger partial charge in [0.1, 0.15) is 11.6 Å². The monoisotopic (exact) mass is 241 g/mol. The van der Waals surface area contributed by atoms with Crippen LogP contribution in [0.5, 0.6) is 0 Å². The zero-order valence-electron chi connectivity index (χ0n) is 9.72. The summed E-state index contributed by atoms with van der Waals surface area (Å²) in [6.07, 6.45) is 2.22. The first-order chi connectivity index (χ1) is 8.24. The van der Waals surface area contributed by atoms with Crippen molar-refractivity contribution in [3.63, 3.8) is 0 Å². The van der Waals surface area contributed by atoms with Crippen LogP contribution in [0.4, 0.5) is 8.78 Å². The third-order valence-electron chi connectivity index (χ3n) is 3.00. The van der Waals surface area contributed by atoms with Crippen LogP contribution in [0.2, 0.25) is 0 Å². The third kappa shape index (κ3) is 4.06. The van der Waals surface area contributed by atoms with E-state index in [-0.39, 0.29) is 6.61 Å². The van der Waals surface area contributed by atoms with Crippen LogP contribution in [0.1, 0.15) is 18.4 Å². The maximum atomic E-state index is 12.9. The average molecular weight is 241 g/mol. The molecule has 0 atom stereocenters. The number of halogens is 2. The molecular formula is C13H17F2NO. The summed E-state index contributed by atoms with van der Waals surface area (Å²) in [5.74, 6) is -0.536.